The van der Waals surface area contributed by atoms with Gasteiger partial charge in [0.15, 0.2) is 9.84 Å². The number of sulfone groups is 1. The van der Waals surface area contributed by atoms with Crippen LogP contribution in [0.1, 0.15) is 17.5 Å². The average Bonchev–Trinajstić information content (AvgIpc) is 2.60. The van der Waals surface area contributed by atoms with Crippen LogP contribution >= 0.6 is 11.6 Å². The molecule has 2 aromatic carbocycles. The van der Waals surface area contributed by atoms with Crippen molar-refractivity contribution >= 4 is 27.3 Å². The van der Waals surface area contributed by atoms with Crippen molar-refractivity contribution in [2.45, 2.75) is 18.7 Å². The number of ether oxygens (including phenoxy) is 1. The van der Waals surface area contributed by atoms with Crippen LogP contribution in [0.5, 0.6) is 5.75 Å². The third-order valence-corrected chi connectivity index (χ3v) is 5.59. The fraction of sp³-hybridized carbons (Fsp3) is 0.278. The molecule has 0 aliphatic carbocycles. The third-order valence-electron chi connectivity index (χ3n) is 3.64. The zero-order chi connectivity index (χ0) is 18.3. The summed E-state index contributed by atoms with van der Waals surface area (Å²) >= 11 is 5.98. The van der Waals surface area contributed by atoms with Crippen LogP contribution in [0.4, 0.5) is 0 Å². The number of benzene rings is 2. The van der Waals surface area contributed by atoms with E-state index in [0.717, 1.165) is 5.56 Å². The first-order chi connectivity index (χ1) is 11.9. The Morgan fingerprint density at radius 2 is 1.72 bits per heavy atom. The van der Waals surface area contributed by atoms with Crippen molar-refractivity contribution in [3.8, 4) is 5.75 Å². The number of hydrogen-bond donors (Lipinski definition) is 1. The summed E-state index contributed by atoms with van der Waals surface area (Å²) in [6.07, 6.45) is -0.0953. The summed E-state index contributed by atoms with van der Waals surface area (Å²) < 4.78 is 29.6. The summed E-state index contributed by atoms with van der Waals surface area (Å²) in [6, 6.07) is 14.1. The van der Waals surface area contributed by atoms with Gasteiger partial charge in [0.05, 0.1) is 18.6 Å². The number of methoxy groups -OCH3 is 1. The van der Waals surface area contributed by atoms with Crippen LogP contribution in [0.3, 0.4) is 0 Å². The summed E-state index contributed by atoms with van der Waals surface area (Å²) in [5.41, 5.74) is 1.37. The van der Waals surface area contributed by atoms with E-state index < -0.39 is 9.84 Å². The van der Waals surface area contributed by atoms with Gasteiger partial charge in [-0.3, -0.25) is 4.79 Å². The molecule has 0 atom stereocenters. The van der Waals surface area contributed by atoms with Gasteiger partial charge in [0.1, 0.15) is 5.75 Å². The molecule has 2 aromatic rings. The number of carbonyl (C=O) groups excluding carboxylic acids is 1. The highest BCUT2D eigenvalue weighted by molar-refractivity contribution is 7.90. The number of amides is 1. The fourth-order valence-corrected chi connectivity index (χ4v) is 3.95. The summed E-state index contributed by atoms with van der Waals surface area (Å²) in [4.78, 5) is 11.9. The molecule has 0 aromatic heterocycles. The van der Waals surface area contributed by atoms with Crippen molar-refractivity contribution in [3.05, 3.63) is 64.7 Å². The van der Waals surface area contributed by atoms with Gasteiger partial charge in [-0.2, -0.15) is 0 Å². The van der Waals surface area contributed by atoms with Gasteiger partial charge in [-0.05, 0) is 17.7 Å². The SMILES string of the molecule is COc1ccccc1CNC(=O)CCS(=O)(=O)Cc1ccccc1Cl. The molecule has 25 heavy (non-hydrogen) atoms. The lowest BCUT2D eigenvalue weighted by Crippen LogP contribution is -2.25. The Bertz CT molecular complexity index is 836. The molecule has 0 fully saturated rings. The first-order valence-electron chi connectivity index (χ1n) is 7.74. The smallest absolute Gasteiger partial charge is 0.221 e. The van der Waals surface area contributed by atoms with E-state index in [1.165, 1.54) is 0 Å². The Morgan fingerprint density at radius 3 is 2.40 bits per heavy atom. The molecule has 134 valence electrons. The van der Waals surface area contributed by atoms with E-state index in [0.29, 0.717) is 16.3 Å². The molecule has 7 heteroatoms. The number of rotatable bonds is 8. The van der Waals surface area contributed by atoms with Crippen molar-refractivity contribution in [2.24, 2.45) is 0 Å². The van der Waals surface area contributed by atoms with E-state index in [2.05, 4.69) is 5.32 Å². The van der Waals surface area contributed by atoms with Crippen LogP contribution in [0.2, 0.25) is 5.02 Å². The first-order valence-corrected chi connectivity index (χ1v) is 9.93. The van der Waals surface area contributed by atoms with Gasteiger partial charge in [0, 0.05) is 23.6 Å². The Balaban J connectivity index is 1.85. The van der Waals surface area contributed by atoms with Crippen LogP contribution < -0.4 is 10.1 Å². The number of hydrogen-bond acceptors (Lipinski definition) is 4. The Labute approximate surface area is 152 Å². The van der Waals surface area contributed by atoms with Gasteiger partial charge in [0.2, 0.25) is 5.91 Å². The molecular formula is C18H20ClNO4S. The molecule has 0 spiro atoms. The maximum Gasteiger partial charge on any atom is 0.221 e. The Kier molecular flexibility index (Phi) is 6.84. The van der Waals surface area contributed by atoms with Gasteiger partial charge in [-0.1, -0.05) is 48.0 Å². The molecule has 1 N–H and O–H groups in total. The lowest BCUT2D eigenvalue weighted by molar-refractivity contribution is -0.120. The largest absolute Gasteiger partial charge is 0.496 e. The van der Waals surface area contributed by atoms with E-state index in [-0.39, 0.29) is 30.4 Å². The van der Waals surface area contributed by atoms with Crippen molar-refractivity contribution in [1.82, 2.24) is 5.32 Å². The number of nitrogens with one attached hydrogen (secondary N) is 1. The predicted molar refractivity (Wildman–Crippen MR) is 98.4 cm³/mol. The van der Waals surface area contributed by atoms with E-state index in [9.17, 15) is 13.2 Å². The average molecular weight is 382 g/mol. The lowest BCUT2D eigenvalue weighted by atomic mass is 10.2. The van der Waals surface area contributed by atoms with Gasteiger partial charge in [-0.15, -0.1) is 0 Å². The molecular weight excluding hydrogens is 362 g/mol. The predicted octanol–water partition coefficient (Wildman–Crippen LogP) is 2.97. The molecule has 0 heterocycles. The molecule has 0 aliphatic rings. The van der Waals surface area contributed by atoms with Gasteiger partial charge in [0.25, 0.3) is 0 Å². The molecule has 0 bridgehead atoms. The highest BCUT2D eigenvalue weighted by atomic mass is 35.5. The van der Waals surface area contributed by atoms with Crippen LogP contribution in [0.15, 0.2) is 48.5 Å². The summed E-state index contributed by atoms with van der Waals surface area (Å²) in [7, 11) is -1.86. The normalized spacial score (nSPS) is 11.1. The Morgan fingerprint density at radius 1 is 1.08 bits per heavy atom. The molecule has 0 saturated heterocycles. The minimum absolute atomic E-state index is 0.0953. The highest BCUT2D eigenvalue weighted by Gasteiger charge is 2.16. The van der Waals surface area contributed by atoms with Crippen LogP contribution in [0.25, 0.3) is 0 Å². The molecule has 2 rings (SSSR count). The summed E-state index contributed by atoms with van der Waals surface area (Å²) in [5, 5.41) is 3.12. The third kappa shape index (κ3) is 6.07. The fourth-order valence-electron chi connectivity index (χ4n) is 2.30. The second-order valence-corrected chi connectivity index (χ2v) is 8.11. The standard InChI is InChI=1S/C18H20ClNO4S/c1-24-17-9-5-3-6-14(17)12-20-18(21)10-11-25(22,23)13-15-7-2-4-8-16(15)19/h2-9H,10-13H2,1H3,(H,20,21). The zero-order valence-electron chi connectivity index (χ0n) is 13.9. The first kappa shape index (κ1) is 19.3. The molecule has 1 amide bonds. The quantitative estimate of drug-likeness (QED) is 0.763. The van der Waals surface area contributed by atoms with Crippen LogP contribution in [-0.2, 0) is 26.9 Å². The maximum atomic E-state index is 12.2. The van der Waals surface area contributed by atoms with Crippen LogP contribution in [-0.4, -0.2) is 27.2 Å². The maximum absolute atomic E-state index is 12.2. The topological polar surface area (TPSA) is 72.5 Å². The van der Waals surface area contributed by atoms with Crippen molar-refractivity contribution in [1.29, 1.82) is 0 Å². The van der Waals surface area contributed by atoms with Crippen molar-refractivity contribution < 1.29 is 17.9 Å². The van der Waals surface area contributed by atoms with Crippen molar-refractivity contribution in [2.75, 3.05) is 12.9 Å². The van der Waals surface area contributed by atoms with Crippen molar-refractivity contribution in [3.63, 3.8) is 0 Å². The van der Waals surface area contributed by atoms with Gasteiger partial charge >= 0.3 is 0 Å². The minimum atomic E-state index is -3.42. The molecule has 0 unspecified atom stereocenters. The lowest BCUT2D eigenvalue weighted by Gasteiger charge is -2.10. The highest BCUT2D eigenvalue weighted by Crippen LogP contribution is 2.19. The molecule has 0 saturated carbocycles. The summed E-state index contributed by atoms with van der Waals surface area (Å²) in [6.45, 7) is 0.285. The van der Waals surface area contributed by atoms with Gasteiger partial charge < -0.3 is 10.1 Å². The van der Waals surface area contributed by atoms with Crippen LogP contribution in [0, 0.1) is 0 Å². The second kappa shape index (κ2) is 8.87. The van der Waals surface area contributed by atoms with E-state index in [1.807, 2.05) is 18.2 Å². The number of para-hydroxylation sites is 1. The minimum Gasteiger partial charge on any atom is -0.496 e. The Hall–Kier alpha value is -2.05. The van der Waals surface area contributed by atoms with E-state index in [1.54, 1.807) is 37.4 Å². The molecule has 0 radical (unpaired) electrons. The molecule has 5 nitrogen and oxygen atoms in total. The number of halogens is 1. The zero-order valence-corrected chi connectivity index (χ0v) is 15.4. The monoisotopic (exact) mass is 381 g/mol. The summed E-state index contributed by atoms with van der Waals surface area (Å²) in [5.74, 6) is -0.0506. The molecule has 0 aliphatic heterocycles. The second-order valence-electron chi connectivity index (χ2n) is 5.52. The van der Waals surface area contributed by atoms with E-state index >= 15 is 0 Å². The number of carbonyl (C=O) groups is 1. The van der Waals surface area contributed by atoms with Gasteiger partial charge in [-0.25, -0.2) is 8.42 Å². The van der Waals surface area contributed by atoms with E-state index in [4.69, 9.17) is 16.3 Å².